The molecule has 0 spiro atoms. The van der Waals surface area contributed by atoms with E-state index in [0.29, 0.717) is 11.2 Å². The highest BCUT2D eigenvalue weighted by atomic mass is 32.1. The van der Waals surface area contributed by atoms with Gasteiger partial charge < -0.3 is 16.4 Å². The number of nitrogens with one attached hydrogen (secondary N) is 2. The fourth-order valence-corrected chi connectivity index (χ4v) is 2.47. The van der Waals surface area contributed by atoms with Crippen LogP contribution in [-0.2, 0) is 0 Å². The molecular weight excluding hydrogens is 230 g/mol. The summed E-state index contributed by atoms with van der Waals surface area (Å²) in [5.74, 6) is 0. The molecule has 3 nitrogen and oxygen atoms in total. The Labute approximate surface area is 108 Å². The van der Waals surface area contributed by atoms with Crippen LogP contribution in [-0.4, -0.2) is 17.2 Å². The summed E-state index contributed by atoms with van der Waals surface area (Å²) in [6.07, 6.45) is 4.67. The maximum Gasteiger partial charge on any atom is 0.171 e. The third-order valence-corrected chi connectivity index (χ3v) is 3.39. The van der Waals surface area contributed by atoms with Gasteiger partial charge in [-0.3, -0.25) is 0 Å². The quantitative estimate of drug-likeness (QED) is 0.704. The molecule has 1 aliphatic carbocycles. The van der Waals surface area contributed by atoms with E-state index in [1.165, 1.54) is 12.8 Å². The van der Waals surface area contributed by atoms with Gasteiger partial charge in [0.25, 0.3) is 0 Å². The zero-order chi connectivity index (χ0) is 12.1. The number of para-hydroxylation sites is 1. The summed E-state index contributed by atoms with van der Waals surface area (Å²) in [7, 11) is 0. The maximum atomic E-state index is 6.07. The average Bonchev–Trinajstić information content (AvgIpc) is 2.33. The van der Waals surface area contributed by atoms with Gasteiger partial charge in [-0.2, -0.15) is 0 Å². The molecule has 2 atom stereocenters. The van der Waals surface area contributed by atoms with Crippen molar-refractivity contribution < 1.29 is 0 Å². The predicted molar refractivity (Wildman–Crippen MR) is 76.0 cm³/mol. The highest BCUT2D eigenvalue weighted by Crippen LogP contribution is 2.17. The van der Waals surface area contributed by atoms with Gasteiger partial charge in [0.2, 0.25) is 0 Å². The second kappa shape index (κ2) is 5.98. The lowest BCUT2D eigenvalue weighted by Crippen LogP contribution is -2.50. The molecule has 0 aliphatic heterocycles. The maximum absolute atomic E-state index is 6.07. The van der Waals surface area contributed by atoms with Crippen molar-refractivity contribution in [2.45, 2.75) is 37.8 Å². The van der Waals surface area contributed by atoms with Crippen molar-refractivity contribution in [2.24, 2.45) is 5.73 Å². The number of anilines is 1. The van der Waals surface area contributed by atoms with Crippen LogP contribution in [0.25, 0.3) is 0 Å². The van der Waals surface area contributed by atoms with E-state index in [9.17, 15) is 0 Å². The number of rotatable bonds is 2. The van der Waals surface area contributed by atoms with Crippen molar-refractivity contribution in [1.82, 2.24) is 5.32 Å². The molecule has 0 amide bonds. The first-order valence-corrected chi connectivity index (χ1v) is 6.54. The Morgan fingerprint density at radius 3 is 2.59 bits per heavy atom. The minimum absolute atomic E-state index is 0.222. The lowest BCUT2D eigenvalue weighted by Gasteiger charge is -2.30. The van der Waals surface area contributed by atoms with Crippen LogP contribution in [0.5, 0.6) is 0 Å². The molecule has 0 bridgehead atoms. The van der Waals surface area contributed by atoms with Gasteiger partial charge >= 0.3 is 0 Å². The van der Waals surface area contributed by atoms with Crippen molar-refractivity contribution in [2.75, 3.05) is 5.32 Å². The third-order valence-electron chi connectivity index (χ3n) is 3.17. The molecule has 1 aromatic rings. The highest BCUT2D eigenvalue weighted by molar-refractivity contribution is 7.80. The van der Waals surface area contributed by atoms with Crippen LogP contribution in [0, 0.1) is 0 Å². The summed E-state index contributed by atoms with van der Waals surface area (Å²) in [6, 6.07) is 10.5. The monoisotopic (exact) mass is 249 g/mol. The SMILES string of the molecule is NC1CCCCC1NC(=S)Nc1ccccc1. The van der Waals surface area contributed by atoms with Crippen LogP contribution in [0.3, 0.4) is 0 Å². The van der Waals surface area contributed by atoms with E-state index in [1.807, 2.05) is 30.3 Å². The van der Waals surface area contributed by atoms with E-state index in [-0.39, 0.29) is 6.04 Å². The first-order chi connectivity index (χ1) is 8.25. The van der Waals surface area contributed by atoms with E-state index in [2.05, 4.69) is 10.6 Å². The zero-order valence-electron chi connectivity index (χ0n) is 9.86. The Kier molecular flexibility index (Phi) is 4.34. The lowest BCUT2D eigenvalue weighted by molar-refractivity contribution is 0.361. The van der Waals surface area contributed by atoms with E-state index >= 15 is 0 Å². The summed E-state index contributed by atoms with van der Waals surface area (Å²) < 4.78 is 0. The molecule has 2 unspecified atom stereocenters. The Balaban J connectivity index is 1.84. The Hall–Kier alpha value is -1.13. The second-order valence-electron chi connectivity index (χ2n) is 4.52. The van der Waals surface area contributed by atoms with E-state index in [1.54, 1.807) is 0 Å². The molecule has 0 saturated heterocycles. The number of hydrogen-bond donors (Lipinski definition) is 3. The van der Waals surface area contributed by atoms with E-state index in [0.717, 1.165) is 18.5 Å². The molecular formula is C13H19N3S. The van der Waals surface area contributed by atoms with Crippen LogP contribution in [0.4, 0.5) is 5.69 Å². The number of benzene rings is 1. The normalized spacial score (nSPS) is 24.1. The Bertz CT molecular complexity index is 366. The van der Waals surface area contributed by atoms with Crippen molar-refractivity contribution in [3.8, 4) is 0 Å². The molecule has 0 heterocycles. The van der Waals surface area contributed by atoms with Gasteiger partial charge in [-0.05, 0) is 37.2 Å². The molecule has 1 fully saturated rings. The molecule has 0 aromatic heterocycles. The van der Waals surface area contributed by atoms with Gasteiger partial charge in [0.1, 0.15) is 0 Å². The summed E-state index contributed by atoms with van der Waals surface area (Å²) in [6.45, 7) is 0. The summed E-state index contributed by atoms with van der Waals surface area (Å²) >= 11 is 5.29. The minimum Gasteiger partial charge on any atom is -0.358 e. The van der Waals surface area contributed by atoms with Crippen molar-refractivity contribution >= 4 is 23.0 Å². The van der Waals surface area contributed by atoms with Crippen LogP contribution >= 0.6 is 12.2 Å². The number of hydrogen-bond acceptors (Lipinski definition) is 2. The first kappa shape index (κ1) is 12.3. The number of nitrogens with two attached hydrogens (primary N) is 1. The topological polar surface area (TPSA) is 50.1 Å². The van der Waals surface area contributed by atoms with E-state index < -0.39 is 0 Å². The average molecular weight is 249 g/mol. The number of thiocarbonyl (C=S) groups is 1. The summed E-state index contributed by atoms with van der Waals surface area (Å²) in [5, 5.41) is 7.15. The Morgan fingerprint density at radius 2 is 1.88 bits per heavy atom. The Morgan fingerprint density at radius 1 is 1.18 bits per heavy atom. The molecule has 17 heavy (non-hydrogen) atoms. The fourth-order valence-electron chi connectivity index (χ4n) is 2.20. The fraction of sp³-hybridized carbons (Fsp3) is 0.462. The van der Waals surface area contributed by atoms with Gasteiger partial charge in [0.15, 0.2) is 5.11 Å². The molecule has 92 valence electrons. The van der Waals surface area contributed by atoms with Crippen LogP contribution in [0.2, 0.25) is 0 Å². The van der Waals surface area contributed by atoms with Crippen molar-refractivity contribution in [3.05, 3.63) is 30.3 Å². The summed E-state index contributed by atoms with van der Waals surface area (Å²) in [4.78, 5) is 0. The van der Waals surface area contributed by atoms with Gasteiger partial charge in [0.05, 0.1) is 0 Å². The lowest BCUT2D eigenvalue weighted by atomic mass is 9.91. The molecule has 0 radical (unpaired) electrons. The predicted octanol–water partition coefficient (Wildman–Crippen LogP) is 2.24. The van der Waals surface area contributed by atoms with Crippen molar-refractivity contribution in [3.63, 3.8) is 0 Å². The second-order valence-corrected chi connectivity index (χ2v) is 4.93. The van der Waals surface area contributed by atoms with Crippen LogP contribution in [0.15, 0.2) is 30.3 Å². The smallest absolute Gasteiger partial charge is 0.171 e. The van der Waals surface area contributed by atoms with Gasteiger partial charge in [-0.1, -0.05) is 31.0 Å². The molecule has 1 aliphatic rings. The van der Waals surface area contributed by atoms with Gasteiger partial charge in [-0.25, -0.2) is 0 Å². The summed E-state index contributed by atoms with van der Waals surface area (Å²) in [5.41, 5.74) is 7.08. The molecule has 1 saturated carbocycles. The highest BCUT2D eigenvalue weighted by Gasteiger charge is 2.21. The first-order valence-electron chi connectivity index (χ1n) is 6.14. The van der Waals surface area contributed by atoms with Crippen LogP contribution in [0.1, 0.15) is 25.7 Å². The van der Waals surface area contributed by atoms with Crippen molar-refractivity contribution in [1.29, 1.82) is 0 Å². The molecule has 1 aromatic carbocycles. The standard InChI is InChI=1S/C13H19N3S/c14-11-8-4-5-9-12(11)16-13(17)15-10-6-2-1-3-7-10/h1-3,6-7,11-12H,4-5,8-9,14H2,(H2,15,16,17). The molecule has 4 N–H and O–H groups in total. The van der Waals surface area contributed by atoms with Crippen LogP contribution < -0.4 is 16.4 Å². The van der Waals surface area contributed by atoms with Gasteiger partial charge in [0, 0.05) is 17.8 Å². The van der Waals surface area contributed by atoms with Gasteiger partial charge in [-0.15, -0.1) is 0 Å². The van der Waals surface area contributed by atoms with E-state index in [4.69, 9.17) is 18.0 Å². The largest absolute Gasteiger partial charge is 0.358 e. The zero-order valence-corrected chi connectivity index (χ0v) is 10.7. The molecule has 2 rings (SSSR count). The minimum atomic E-state index is 0.222. The third kappa shape index (κ3) is 3.68. The molecule has 4 heteroatoms.